The van der Waals surface area contributed by atoms with Gasteiger partial charge in [-0.1, -0.05) is 6.92 Å². The molecule has 17 heavy (non-hydrogen) atoms. The van der Waals surface area contributed by atoms with Gasteiger partial charge in [0.05, 0.1) is 23.9 Å². The number of nitrogens with zero attached hydrogens (tertiary/aromatic N) is 2. The molecule has 0 radical (unpaired) electrons. The molecular formula is C11H16N2O3S. The van der Waals surface area contributed by atoms with E-state index in [-0.39, 0.29) is 10.6 Å². The smallest absolute Gasteiger partial charge is 0.179 e. The summed E-state index contributed by atoms with van der Waals surface area (Å²) in [4.78, 5) is 6.59. The summed E-state index contributed by atoms with van der Waals surface area (Å²) in [5.41, 5.74) is 0. The molecule has 0 atom stereocenters. The first-order valence-electron chi connectivity index (χ1n) is 5.65. The van der Waals surface area contributed by atoms with Gasteiger partial charge in [-0.25, -0.2) is 13.4 Å². The summed E-state index contributed by atoms with van der Waals surface area (Å²) in [5, 5.41) is 0. The van der Waals surface area contributed by atoms with Crippen molar-refractivity contribution in [3.63, 3.8) is 0 Å². The van der Waals surface area contributed by atoms with Crippen molar-refractivity contribution < 1.29 is 13.2 Å². The third-order valence-corrected chi connectivity index (χ3v) is 4.51. The molecule has 0 aromatic carbocycles. The summed E-state index contributed by atoms with van der Waals surface area (Å²) in [7, 11) is -3.15. The fourth-order valence-corrected chi connectivity index (χ4v) is 2.52. The van der Waals surface area contributed by atoms with E-state index in [1.807, 2.05) is 0 Å². The van der Waals surface area contributed by atoms with Crippen molar-refractivity contribution in [3.8, 4) is 0 Å². The number of pyridine rings is 1. The minimum absolute atomic E-state index is 0.103. The Labute approximate surface area is 101 Å². The number of ether oxygens (including phenoxy) is 1. The first-order valence-corrected chi connectivity index (χ1v) is 7.30. The average molecular weight is 256 g/mol. The summed E-state index contributed by atoms with van der Waals surface area (Å²) in [6.45, 7) is 4.61. The largest absolute Gasteiger partial charge is 0.378 e. The van der Waals surface area contributed by atoms with Crippen LogP contribution < -0.4 is 4.90 Å². The van der Waals surface area contributed by atoms with Gasteiger partial charge in [0, 0.05) is 19.3 Å². The second kappa shape index (κ2) is 5.01. The lowest BCUT2D eigenvalue weighted by Gasteiger charge is -2.27. The molecule has 1 fully saturated rings. The molecule has 0 unspecified atom stereocenters. The Hall–Kier alpha value is -1.14. The van der Waals surface area contributed by atoms with Crippen LogP contribution in [0.25, 0.3) is 0 Å². The van der Waals surface area contributed by atoms with Gasteiger partial charge in [-0.3, -0.25) is 0 Å². The Balaban J connectivity index is 2.18. The van der Waals surface area contributed by atoms with Gasteiger partial charge in [0.15, 0.2) is 9.84 Å². The second-order valence-corrected chi connectivity index (χ2v) is 6.13. The predicted octanol–water partition coefficient (Wildman–Crippen LogP) is 0.712. The molecule has 0 spiro atoms. The van der Waals surface area contributed by atoms with Crippen molar-refractivity contribution in [1.29, 1.82) is 0 Å². The van der Waals surface area contributed by atoms with Gasteiger partial charge in [0.25, 0.3) is 0 Å². The van der Waals surface area contributed by atoms with Crippen LogP contribution in [-0.4, -0.2) is 45.5 Å². The zero-order valence-corrected chi connectivity index (χ0v) is 10.6. The molecule has 0 bridgehead atoms. The monoisotopic (exact) mass is 256 g/mol. The summed E-state index contributed by atoms with van der Waals surface area (Å²) in [6.07, 6.45) is 1.43. The van der Waals surface area contributed by atoms with Crippen molar-refractivity contribution in [3.05, 3.63) is 18.3 Å². The molecule has 5 nitrogen and oxygen atoms in total. The first-order chi connectivity index (χ1) is 8.13. The number of hydrogen-bond acceptors (Lipinski definition) is 5. The average Bonchev–Trinajstić information content (AvgIpc) is 2.40. The molecule has 1 saturated heterocycles. The molecule has 0 aliphatic carbocycles. The van der Waals surface area contributed by atoms with Crippen LogP contribution in [-0.2, 0) is 14.6 Å². The highest BCUT2D eigenvalue weighted by Gasteiger charge is 2.15. The summed E-state index contributed by atoms with van der Waals surface area (Å²) in [6, 6.07) is 3.38. The summed E-state index contributed by atoms with van der Waals surface area (Å²) < 4.78 is 28.5. The predicted molar refractivity (Wildman–Crippen MR) is 65.0 cm³/mol. The van der Waals surface area contributed by atoms with E-state index in [2.05, 4.69) is 9.88 Å². The van der Waals surface area contributed by atoms with E-state index in [1.54, 1.807) is 19.1 Å². The Bertz CT molecular complexity index is 464. The Kier molecular flexibility index (Phi) is 3.63. The van der Waals surface area contributed by atoms with Gasteiger partial charge < -0.3 is 9.64 Å². The number of anilines is 1. The minimum atomic E-state index is -3.15. The van der Waals surface area contributed by atoms with Crippen LogP contribution in [0.2, 0.25) is 0 Å². The minimum Gasteiger partial charge on any atom is -0.378 e. The second-order valence-electron chi connectivity index (χ2n) is 3.85. The van der Waals surface area contributed by atoms with Crippen LogP contribution in [0.1, 0.15) is 6.92 Å². The highest BCUT2D eigenvalue weighted by molar-refractivity contribution is 7.91. The Morgan fingerprint density at radius 3 is 2.59 bits per heavy atom. The third-order valence-electron chi connectivity index (χ3n) is 2.79. The van der Waals surface area contributed by atoms with E-state index in [0.717, 1.165) is 18.9 Å². The van der Waals surface area contributed by atoms with Crippen LogP contribution in [0, 0.1) is 0 Å². The SMILES string of the molecule is CCS(=O)(=O)c1ccc(N2CCOCC2)nc1. The lowest BCUT2D eigenvalue weighted by Crippen LogP contribution is -2.36. The molecule has 1 aromatic rings. The molecule has 94 valence electrons. The number of hydrogen-bond donors (Lipinski definition) is 0. The quantitative estimate of drug-likeness (QED) is 0.797. The molecule has 2 heterocycles. The molecule has 2 rings (SSSR count). The maximum absolute atomic E-state index is 11.6. The van der Waals surface area contributed by atoms with Crippen LogP contribution in [0.4, 0.5) is 5.82 Å². The maximum Gasteiger partial charge on any atom is 0.179 e. The highest BCUT2D eigenvalue weighted by atomic mass is 32.2. The number of sulfone groups is 1. The molecule has 1 aromatic heterocycles. The first kappa shape index (κ1) is 12.3. The van der Waals surface area contributed by atoms with Gasteiger partial charge in [-0.15, -0.1) is 0 Å². The molecule has 0 N–H and O–H groups in total. The lowest BCUT2D eigenvalue weighted by molar-refractivity contribution is 0.122. The topological polar surface area (TPSA) is 59.5 Å². The lowest BCUT2D eigenvalue weighted by atomic mass is 10.4. The fraction of sp³-hybridized carbons (Fsp3) is 0.545. The van der Waals surface area contributed by atoms with Crippen molar-refractivity contribution in [2.45, 2.75) is 11.8 Å². The van der Waals surface area contributed by atoms with E-state index in [0.29, 0.717) is 13.2 Å². The summed E-state index contributed by atoms with van der Waals surface area (Å²) >= 11 is 0. The van der Waals surface area contributed by atoms with E-state index in [4.69, 9.17) is 4.74 Å². The number of rotatable bonds is 3. The number of aromatic nitrogens is 1. The van der Waals surface area contributed by atoms with Crippen molar-refractivity contribution >= 4 is 15.7 Å². The molecule has 6 heteroatoms. The van der Waals surface area contributed by atoms with Gasteiger partial charge in [0.2, 0.25) is 0 Å². The van der Waals surface area contributed by atoms with Gasteiger partial charge in [-0.05, 0) is 12.1 Å². The Morgan fingerprint density at radius 1 is 1.35 bits per heavy atom. The van der Waals surface area contributed by atoms with Crippen LogP contribution >= 0.6 is 0 Å². The van der Waals surface area contributed by atoms with Crippen LogP contribution in [0.5, 0.6) is 0 Å². The molecule has 1 aliphatic heterocycles. The van der Waals surface area contributed by atoms with Crippen molar-refractivity contribution in [1.82, 2.24) is 4.98 Å². The van der Waals surface area contributed by atoms with E-state index in [1.165, 1.54) is 6.20 Å². The fourth-order valence-electron chi connectivity index (χ4n) is 1.70. The van der Waals surface area contributed by atoms with Crippen LogP contribution in [0.3, 0.4) is 0 Å². The molecule has 1 aliphatic rings. The molecule has 0 saturated carbocycles. The highest BCUT2D eigenvalue weighted by Crippen LogP contribution is 2.16. The van der Waals surface area contributed by atoms with E-state index in [9.17, 15) is 8.42 Å². The standard InChI is InChI=1S/C11H16N2O3S/c1-2-17(14,15)10-3-4-11(12-9-10)13-5-7-16-8-6-13/h3-4,9H,2,5-8H2,1H3. The van der Waals surface area contributed by atoms with E-state index >= 15 is 0 Å². The van der Waals surface area contributed by atoms with Crippen molar-refractivity contribution in [2.24, 2.45) is 0 Å². The van der Waals surface area contributed by atoms with Gasteiger partial charge in [0.1, 0.15) is 5.82 Å². The maximum atomic E-state index is 11.6. The zero-order chi connectivity index (χ0) is 12.3. The number of morpholine rings is 1. The third kappa shape index (κ3) is 2.76. The zero-order valence-electron chi connectivity index (χ0n) is 9.80. The van der Waals surface area contributed by atoms with E-state index < -0.39 is 9.84 Å². The van der Waals surface area contributed by atoms with Gasteiger partial charge >= 0.3 is 0 Å². The molecular weight excluding hydrogens is 240 g/mol. The Morgan fingerprint density at radius 2 is 2.06 bits per heavy atom. The van der Waals surface area contributed by atoms with Crippen LogP contribution in [0.15, 0.2) is 23.2 Å². The van der Waals surface area contributed by atoms with Crippen molar-refractivity contribution in [2.75, 3.05) is 37.0 Å². The normalized spacial score (nSPS) is 17.1. The van der Waals surface area contributed by atoms with Gasteiger partial charge in [-0.2, -0.15) is 0 Å². The summed E-state index contributed by atoms with van der Waals surface area (Å²) in [5.74, 6) is 0.911. The molecule has 0 amide bonds.